The second-order valence-electron chi connectivity index (χ2n) is 9.08. The van der Waals surface area contributed by atoms with E-state index in [4.69, 9.17) is 4.74 Å². The average Bonchev–Trinajstić information content (AvgIpc) is 2.80. The second-order valence-corrected chi connectivity index (χ2v) is 9.08. The minimum absolute atomic E-state index is 0.0218. The number of carbonyl (C=O) groups is 2. The van der Waals surface area contributed by atoms with Gasteiger partial charge in [0.15, 0.2) is 0 Å². The topological polar surface area (TPSA) is 69.7 Å². The largest absolute Gasteiger partial charge is 0.545 e. The van der Waals surface area contributed by atoms with Crippen LogP contribution in [0.2, 0.25) is 0 Å². The van der Waals surface area contributed by atoms with Crippen LogP contribution in [0.25, 0.3) is 0 Å². The molecule has 0 radical (unpaired) electrons. The Bertz CT molecular complexity index is 1180. The molecule has 184 valence electrons. The van der Waals surface area contributed by atoms with Crippen molar-refractivity contribution in [2.75, 3.05) is 4.90 Å². The third-order valence-electron chi connectivity index (χ3n) is 5.38. The van der Waals surface area contributed by atoms with Gasteiger partial charge in [0, 0.05) is 17.3 Å². The number of rotatable bonds is 7. The van der Waals surface area contributed by atoms with Crippen LogP contribution in [0.1, 0.15) is 47.8 Å². The standard InChI is InChI=1S/C27H26F3NO4/c1-26(2,3)20-11-9-18(10-12-20)16-31(25(34)27(28,29)30)21-13-14-22(24(32)33)23(15-21)35-17-19-7-5-4-6-8-19/h4-15H,16-17H2,1-3H3,(H,32,33)/p-1. The molecule has 0 aromatic heterocycles. The maximum atomic E-state index is 13.5. The van der Waals surface area contributed by atoms with Crippen molar-refractivity contribution in [3.05, 3.63) is 95.1 Å². The van der Waals surface area contributed by atoms with Crippen LogP contribution in [-0.2, 0) is 23.4 Å². The predicted molar refractivity (Wildman–Crippen MR) is 124 cm³/mol. The fourth-order valence-corrected chi connectivity index (χ4v) is 3.43. The fourth-order valence-electron chi connectivity index (χ4n) is 3.43. The average molecular weight is 484 g/mol. The quantitative estimate of drug-likeness (QED) is 0.472. The fraction of sp³-hybridized carbons (Fsp3) is 0.259. The molecule has 0 bridgehead atoms. The number of halogens is 3. The van der Waals surface area contributed by atoms with E-state index in [9.17, 15) is 27.9 Å². The maximum absolute atomic E-state index is 13.5. The van der Waals surface area contributed by atoms with Gasteiger partial charge in [0.05, 0.1) is 12.5 Å². The number of carbonyl (C=O) groups excluding carboxylic acids is 2. The third-order valence-corrected chi connectivity index (χ3v) is 5.38. The molecule has 3 aromatic rings. The molecule has 0 spiro atoms. The van der Waals surface area contributed by atoms with Crippen molar-refractivity contribution >= 4 is 17.6 Å². The molecule has 0 heterocycles. The molecule has 0 saturated heterocycles. The molecule has 5 nitrogen and oxygen atoms in total. The van der Waals surface area contributed by atoms with Crippen LogP contribution in [0.15, 0.2) is 72.8 Å². The molecule has 3 aromatic carbocycles. The molecule has 35 heavy (non-hydrogen) atoms. The van der Waals surface area contributed by atoms with Crippen LogP contribution < -0.4 is 14.7 Å². The van der Waals surface area contributed by atoms with Gasteiger partial charge in [0.2, 0.25) is 0 Å². The lowest BCUT2D eigenvalue weighted by Crippen LogP contribution is -2.41. The highest BCUT2D eigenvalue weighted by Gasteiger charge is 2.43. The zero-order valence-electron chi connectivity index (χ0n) is 19.6. The summed E-state index contributed by atoms with van der Waals surface area (Å²) in [6.07, 6.45) is -5.14. The van der Waals surface area contributed by atoms with Crippen molar-refractivity contribution in [2.45, 2.75) is 45.5 Å². The number of alkyl halides is 3. The van der Waals surface area contributed by atoms with Crippen LogP contribution in [-0.4, -0.2) is 18.1 Å². The van der Waals surface area contributed by atoms with Crippen LogP contribution in [0.5, 0.6) is 5.75 Å². The maximum Gasteiger partial charge on any atom is 0.471 e. The van der Waals surface area contributed by atoms with Gasteiger partial charge in [-0.3, -0.25) is 4.79 Å². The number of ether oxygens (including phenoxy) is 1. The normalized spacial score (nSPS) is 11.7. The summed E-state index contributed by atoms with van der Waals surface area (Å²) < 4.78 is 46.0. The highest BCUT2D eigenvalue weighted by molar-refractivity contribution is 5.98. The highest BCUT2D eigenvalue weighted by atomic mass is 19.4. The lowest BCUT2D eigenvalue weighted by Gasteiger charge is -2.26. The van der Waals surface area contributed by atoms with Crippen LogP contribution >= 0.6 is 0 Å². The number of aromatic carboxylic acids is 1. The van der Waals surface area contributed by atoms with Gasteiger partial charge in [-0.25, -0.2) is 0 Å². The Labute approximate surface area is 201 Å². The van der Waals surface area contributed by atoms with Gasteiger partial charge >= 0.3 is 12.1 Å². The number of hydrogen-bond acceptors (Lipinski definition) is 4. The zero-order valence-corrected chi connectivity index (χ0v) is 19.6. The Kier molecular flexibility index (Phi) is 7.53. The van der Waals surface area contributed by atoms with E-state index in [2.05, 4.69) is 0 Å². The monoisotopic (exact) mass is 484 g/mol. The molecule has 0 aliphatic carbocycles. The first kappa shape index (κ1) is 25.8. The number of anilines is 1. The Morgan fingerprint density at radius 3 is 2.06 bits per heavy atom. The van der Waals surface area contributed by atoms with Crippen LogP contribution in [0.4, 0.5) is 18.9 Å². The van der Waals surface area contributed by atoms with E-state index in [-0.39, 0.29) is 35.6 Å². The minimum Gasteiger partial charge on any atom is -0.545 e. The van der Waals surface area contributed by atoms with E-state index in [1.165, 1.54) is 0 Å². The van der Waals surface area contributed by atoms with Crippen molar-refractivity contribution in [1.82, 2.24) is 0 Å². The molecule has 0 atom stereocenters. The smallest absolute Gasteiger partial charge is 0.471 e. The molecule has 0 fully saturated rings. The van der Waals surface area contributed by atoms with Crippen molar-refractivity contribution in [2.24, 2.45) is 0 Å². The highest BCUT2D eigenvalue weighted by Crippen LogP contribution is 2.31. The summed E-state index contributed by atoms with van der Waals surface area (Å²) in [5.41, 5.74) is 1.56. The van der Waals surface area contributed by atoms with E-state index < -0.39 is 18.1 Å². The van der Waals surface area contributed by atoms with Gasteiger partial charge < -0.3 is 19.5 Å². The summed E-state index contributed by atoms with van der Waals surface area (Å²) in [7, 11) is 0. The summed E-state index contributed by atoms with van der Waals surface area (Å²) in [6, 6.07) is 19.1. The Morgan fingerprint density at radius 1 is 0.886 bits per heavy atom. The minimum atomic E-state index is -5.14. The number of hydrogen-bond donors (Lipinski definition) is 0. The summed E-state index contributed by atoms with van der Waals surface area (Å²) in [4.78, 5) is 24.5. The zero-order chi connectivity index (χ0) is 25.8. The Hall–Kier alpha value is -3.81. The van der Waals surface area contributed by atoms with Crippen molar-refractivity contribution in [3.63, 3.8) is 0 Å². The molecule has 8 heteroatoms. The lowest BCUT2D eigenvalue weighted by atomic mass is 9.87. The predicted octanol–water partition coefficient (Wildman–Crippen LogP) is 5.02. The number of carboxylic acid groups (broad SMARTS) is 1. The van der Waals surface area contributed by atoms with Crippen LogP contribution in [0, 0.1) is 0 Å². The number of benzene rings is 3. The van der Waals surface area contributed by atoms with Gasteiger partial charge in [0.25, 0.3) is 0 Å². The van der Waals surface area contributed by atoms with E-state index in [1.54, 1.807) is 54.6 Å². The van der Waals surface area contributed by atoms with Crippen molar-refractivity contribution in [1.29, 1.82) is 0 Å². The van der Waals surface area contributed by atoms with Gasteiger partial charge in [-0.05, 0) is 34.2 Å². The molecular formula is C27H25F3NO4-. The Morgan fingerprint density at radius 2 is 1.51 bits per heavy atom. The lowest BCUT2D eigenvalue weighted by molar-refractivity contribution is -0.255. The molecule has 1 amide bonds. The second kappa shape index (κ2) is 10.2. The molecular weight excluding hydrogens is 459 g/mol. The number of nitrogens with zero attached hydrogens (tertiary/aromatic N) is 1. The molecule has 0 aliphatic rings. The van der Waals surface area contributed by atoms with Crippen molar-refractivity contribution in [3.8, 4) is 5.75 Å². The molecule has 3 rings (SSSR count). The molecule has 0 unspecified atom stereocenters. The first-order chi connectivity index (χ1) is 16.4. The van der Waals surface area contributed by atoms with Gasteiger partial charge in [-0.15, -0.1) is 0 Å². The van der Waals surface area contributed by atoms with Gasteiger partial charge in [0.1, 0.15) is 12.4 Å². The SMILES string of the molecule is CC(C)(C)c1ccc(CN(C(=O)C(F)(F)F)c2ccc(C(=O)[O-])c(OCc3ccccc3)c2)cc1. The van der Waals surface area contributed by atoms with E-state index in [1.807, 2.05) is 20.8 Å². The van der Waals surface area contributed by atoms with E-state index in [0.717, 1.165) is 29.3 Å². The molecule has 0 N–H and O–H groups in total. The summed E-state index contributed by atoms with van der Waals surface area (Å²) >= 11 is 0. The van der Waals surface area contributed by atoms with E-state index >= 15 is 0 Å². The first-order valence-electron chi connectivity index (χ1n) is 10.9. The molecule has 0 saturated carbocycles. The first-order valence-corrected chi connectivity index (χ1v) is 10.9. The van der Waals surface area contributed by atoms with Crippen molar-refractivity contribution < 1.29 is 32.6 Å². The third kappa shape index (κ3) is 6.62. The van der Waals surface area contributed by atoms with E-state index in [0.29, 0.717) is 10.5 Å². The summed E-state index contributed by atoms with van der Waals surface area (Å²) in [5.74, 6) is -3.83. The van der Waals surface area contributed by atoms with Crippen LogP contribution in [0.3, 0.4) is 0 Å². The van der Waals surface area contributed by atoms with Gasteiger partial charge in [-0.2, -0.15) is 13.2 Å². The molecule has 0 aliphatic heterocycles. The summed E-state index contributed by atoms with van der Waals surface area (Å²) in [6.45, 7) is 5.64. The van der Waals surface area contributed by atoms with Gasteiger partial charge in [-0.1, -0.05) is 75.4 Å². The Balaban J connectivity index is 1.97. The number of amides is 1. The summed E-state index contributed by atoms with van der Waals surface area (Å²) in [5, 5.41) is 11.6. The number of carboxylic acids is 1.